The normalized spacial score (nSPS) is 23.1. The molecule has 0 atom stereocenters. The van der Waals surface area contributed by atoms with Crippen molar-refractivity contribution >= 4 is 6.03 Å². The highest BCUT2D eigenvalue weighted by Crippen LogP contribution is 2.35. The summed E-state index contributed by atoms with van der Waals surface area (Å²) in [7, 11) is 0. The second kappa shape index (κ2) is 5.89. The average molecular weight is 255 g/mol. The zero-order valence-electron chi connectivity index (χ0n) is 11.4. The first-order valence-corrected chi connectivity index (χ1v) is 7.08. The van der Waals surface area contributed by atoms with Gasteiger partial charge in [0, 0.05) is 26.2 Å². The maximum Gasteiger partial charge on any atom is 0.320 e. The van der Waals surface area contributed by atoms with Crippen LogP contribution < -0.4 is 5.73 Å². The van der Waals surface area contributed by atoms with Crippen LogP contribution in [0, 0.1) is 0 Å². The molecule has 1 saturated carbocycles. The van der Waals surface area contributed by atoms with E-state index in [4.69, 9.17) is 10.5 Å². The van der Waals surface area contributed by atoms with Gasteiger partial charge in [-0.25, -0.2) is 4.79 Å². The highest BCUT2D eigenvalue weighted by Gasteiger charge is 2.41. The minimum absolute atomic E-state index is 0.0931. The summed E-state index contributed by atoms with van der Waals surface area (Å²) >= 11 is 0. The lowest BCUT2D eigenvalue weighted by Gasteiger charge is -2.43. The molecule has 0 spiro atoms. The van der Waals surface area contributed by atoms with E-state index in [1.807, 2.05) is 16.7 Å². The molecule has 2 N–H and O–H groups in total. The van der Waals surface area contributed by atoms with Gasteiger partial charge in [-0.2, -0.15) is 0 Å². The van der Waals surface area contributed by atoms with Gasteiger partial charge in [0.15, 0.2) is 0 Å². The van der Waals surface area contributed by atoms with E-state index in [1.165, 1.54) is 12.8 Å². The quantitative estimate of drug-likeness (QED) is 0.819. The summed E-state index contributed by atoms with van der Waals surface area (Å²) in [6.45, 7) is 6.09. The largest absolute Gasteiger partial charge is 0.378 e. The van der Waals surface area contributed by atoms with Crippen molar-refractivity contribution in [1.82, 2.24) is 9.80 Å². The van der Waals surface area contributed by atoms with Crippen molar-refractivity contribution in [3.05, 3.63) is 0 Å². The van der Waals surface area contributed by atoms with Gasteiger partial charge < -0.3 is 20.3 Å². The lowest BCUT2D eigenvalue weighted by atomic mass is 9.95. The Hall–Kier alpha value is -0.810. The molecule has 0 aromatic heterocycles. The molecule has 0 bridgehead atoms. The van der Waals surface area contributed by atoms with E-state index in [0.717, 1.165) is 19.4 Å². The first-order chi connectivity index (χ1) is 8.73. The number of hydrogen-bond donors (Lipinski definition) is 1. The van der Waals surface area contributed by atoms with Crippen LogP contribution >= 0.6 is 0 Å². The molecule has 5 heteroatoms. The van der Waals surface area contributed by atoms with E-state index in [1.54, 1.807) is 0 Å². The van der Waals surface area contributed by atoms with Crippen molar-refractivity contribution in [3.63, 3.8) is 0 Å². The molecule has 1 aliphatic carbocycles. The zero-order chi connectivity index (χ0) is 13.0. The average Bonchev–Trinajstić information content (AvgIpc) is 2.90. The van der Waals surface area contributed by atoms with Crippen LogP contribution in [-0.4, -0.2) is 60.8 Å². The second-order valence-electron chi connectivity index (χ2n) is 5.26. The van der Waals surface area contributed by atoms with Gasteiger partial charge >= 0.3 is 6.03 Å². The fraction of sp³-hybridized carbons (Fsp3) is 0.923. The van der Waals surface area contributed by atoms with Crippen LogP contribution in [0.3, 0.4) is 0 Å². The summed E-state index contributed by atoms with van der Waals surface area (Å²) in [6, 6.07) is 0.146. The van der Waals surface area contributed by atoms with Crippen LogP contribution in [0.2, 0.25) is 0 Å². The Kier molecular flexibility index (Phi) is 4.45. The molecule has 0 radical (unpaired) electrons. The van der Waals surface area contributed by atoms with E-state index in [2.05, 4.69) is 0 Å². The fourth-order valence-electron chi connectivity index (χ4n) is 3.22. The number of nitrogens with zero attached hydrogens (tertiary/aromatic N) is 2. The molecule has 1 heterocycles. The molecule has 2 amide bonds. The van der Waals surface area contributed by atoms with E-state index >= 15 is 0 Å². The predicted molar refractivity (Wildman–Crippen MR) is 70.4 cm³/mol. The zero-order valence-corrected chi connectivity index (χ0v) is 11.4. The molecular weight excluding hydrogens is 230 g/mol. The van der Waals surface area contributed by atoms with Crippen molar-refractivity contribution in [2.75, 3.05) is 39.4 Å². The first-order valence-electron chi connectivity index (χ1n) is 7.08. The third kappa shape index (κ3) is 2.47. The Morgan fingerprint density at radius 3 is 2.44 bits per heavy atom. The molecule has 0 aromatic carbocycles. The molecule has 104 valence electrons. The van der Waals surface area contributed by atoms with Crippen LogP contribution in [0.1, 0.15) is 32.6 Å². The van der Waals surface area contributed by atoms with Gasteiger partial charge in [0.05, 0.1) is 18.8 Å². The van der Waals surface area contributed by atoms with Gasteiger partial charge in [-0.3, -0.25) is 0 Å². The van der Waals surface area contributed by atoms with E-state index in [-0.39, 0.29) is 11.6 Å². The van der Waals surface area contributed by atoms with Gasteiger partial charge in [-0.05, 0) is 19.8 Å². The first kappa shape index (κ1) is 13.6. The van der Waals surface area contributed by atoms with Crippen molar-refractivity contribution in [1.29, 1.82) is 0 Å². The number of ether oxygens (including phenoxy) is 1. The third-order valence-electron chi connectivity index (χ3n) is 4.32. The second-order valence-corrected chi connectivity index (χ2v) is 5.26. The summed E-state index contributed by atoms with van der Waals surface area (Å²) in [5.41, 5.74) is 5.88. The summed E-state index contributed by atoms with van der Waals surface area (Å²) < 4.78 is 5.30. The predicted octanol–water partition coefficient (Wildman–Crippen LogP) is 1.03. The number of urea groups is 1. The molecule has 0 aromatic rings. The van der Waals surface area contributed by atoms with Crippen molar-refractivity contribution in [3.8, 4) is 0 Å². The van der Waals surface area contributed by atoms with Crippen molar-refractivity contribution < 1.29 is 9.53 Å². The maximum absolute atomic E-state index is 12.6. The molecule has 1 aliphatic heterocycles. The topological polar surface area (TPSA) is 58.8 Å². The highest BCUT2D eigenvalue weighted by molar-refractivity contribution is 5.75. The van der Waals surface area contributed by atoms with E-state index in [9.17, 15) is 4.79 Å². The fourth-order valence-corrected chi connectivity index (χ4v) is 3.22. The Labute approximate surface area is 109 Å². The number of likely N-dealkylation sites (N-methyl/N-ethyl adjacent to an activating group) is 1. The molecule has 18 heavy (non-hydrogen) atoms. The van der Waals surface area contributed by atoms with Gasteiger partial charge in [0.2, 0.25) is 0 Å². The molecule has 1 saturated heterocycles. The molecule has 5 nitrogen and oxygen atoms in total. The molecule has 2 aliphatic rings. The summed E-state index contributed by atoms with van der Waals surface area (Å²) in [5.74, 6) is 0. The standard InChI is InChI=1S/C13H25N3O2/c1-2-16(13(11-14)5-3-4-6-13)12(17)15-7-9-18-10-8-15/h2-11,14H2,1H3. The minimum Gasteiger partial charge on any atom is -0.378 e. The van der Waals surface area contributed by atoms with Gasteiger partial charge in [0.25, 0.3) is 0 Å². The maximum atomic E-state index is 12.6. The number of morpholine rings is 1. The summed E-state index contributed by atoms with van der Waals surface area (Å²) in [4.78, 5) is 16.5. The van der Waals surface area contributed by atoms with E-state index in [0.29, 0.717) is 32.8 Å². The van der Waals surface area contributed by atoms with Gasteiger partial charge in [-0.1, -0.05) is 12.8 Å². The Morgan fingerprint density at radius 1 is 1.33 bits per heavy atom. The van der Waals surface area contributed by atoms with Crippen LogP contribution in [0.25, 0.3) is 0 Å². The van der Waals surface area contributed by atoms with Crippen molar-refractivity contribution in [2.24, 2.45) is 5.73 Å². The SMILES string of the molecule is CCN(C(=O)N1CCOCC1)C1(CN)CCCC1. The molecular formula is C13H25N3O2. The monoisotopic (exact) mass is 255 g/mol. The Bertz CT molecular complexity index is 284. The van der Waals surface area contributed by atoms with Crippen LogP contribution in [0.5, 0.6) is 0 Å². The van der Waals surface area contributed by atoms with Gasteiger partial charge in [-0.15, -0.1) is 0 Å². The van der Waals surface area contributed by atoms with Crippen LogP contribution in [0.4, 0.5) is 4.79 Å². The van der Waals surface area contributed by atoms with Crippen LogP contribution in [0.15, 0.2) is 0 Å². The van der Waals surface area contributed by atoms with Crippen LogP contribution in [-0.2, 0) is 4.74 Å². The minimum atomic E-state index is -0.0931. The number of hydrogen-bond acceptors (Lipinski definition) is 3. The number of nitrogens with two attached hydrogens (primary N) is 1. The smallest absolute Gasteiger partial charge is 0.320 e. The van der Waals surface area contributed by atoms with E-state index < -0.39 is 0 Å². The third-order valence-corrected chi connectivity index (χ3v) is 4.32. The number of carbonyl (C=O) groups is 1. The Balaban J connectivity index is 2.08. The van der Waals surface area contributed by atoms with Gasteiger partial charge in [0.1, 0.15) is 0 Å². The number of amides is 2. The molecule has 0 unspecified atom stereocenters. The number of carbonyl (C=O) groups excluding carboxylic acids is 1. The number of rotatable bonds is 3. The summed E-state index contributed by atoms with van der Waals surface area (Å²) in [6.07, 6.45) is 4.47. The van der Waals surface area contributed by atoms with Crippen molar-refractivity contribution in [2.45, 2.75) is 38.1 Å². The molecule has 2 fully saturated rings. The lowest BCUT2D eigenvalue weighted by Crippen LogP contribution is -2.59. The highest BCUT2D eigenvalue weighted by atomic mass is 16.5. The lowest BCUT2D eigenvalue weighted by molar-refractivity contribution is 0.0297. The summed E-state index contributed by atoms with van der Waals surface area (Å²) in [5, 5.41) is 0. The molecule has 2 rings (SSSR count). The Morgan fingerprint density at radius 2 is 1.94 bits per heavy atom.